The van der Waals surface area contributed by atoms with Crippen LogP contribution in [0.25, 0.3) is 0 Å². The summed E-state index contributed by atoms with van der Waals surface area (Å²) in [6.45, 7) is 0.317. The minimum absolute atomic E-state index is 0.282. The van der Waals surface area contributed by atoms with Gasteiger partial charge in [0, 0.05) is 5.92 Å². The van der Waals surface area contributed by atoms with E-state index in [0.717, 1.165) is 19.3 Å². The van der Waals surface area contributed by atoms with Crippen molar-refractivity contribution in [3.63, 3.8) is 0 Å². The SMILES string of the molecule is CCCCCCC(CO)C(F)(F)CO. The largest absolute Gasteiger partial charge is 0.396 e. The maximum Gasteiger partial charge on any atom is 0.275 e. The molecule has 0 bridgehead atoms. The molecule has 0 saturated carbocycles. The second-order valence-electron chi connectivity index (χ2n) is 3.65. The second-order valence-corrected chi connectivity index (χ2v) is 3.65. The zero-order chi connectivity index (χ0) is 11.0. The summed E-state index contributed by atoms with van der Waals surface area (Å²) >= 11 is 0. The average Bonchev–Trinajstić information content (AvgIpc) is 2.17. The number of alkyl halides is 2. The topological polar surface area (TPSA) is 40.5 Å². The fourth-order valence-corrected chi connectivity index (χ4v) is 1.38. The van der Waals surface area contributed by atoms with Gasteiger partial charge >= 0.3 is 0 Å². The number of aliphatic hydroxyl groups excluding tert-OH is 2. The van der Waals surface area contributed by atoms with E-state index in [-0.39, 0.29) is 6.42 Å². The number of hydrogen-bond donors (Lipinski definition) is 2. The van der Waals surface area contributed by atoms with Crippen LogP contribution in [-0.2, 0) is 0 Å². The van der Waals surface area contributed by atoms with Gasteiger partial charge in [-0.15, -0.1) is 0 Å². The van der Waals surface area contributed by atoms with Gasteiger partial charge in [0.15, 0.2) is 0 Å². The van der Waals surface area contributed by atoms with Crippen LogP contribution >= 0.6 is 0 Å². The van der Waals surface area contributed by atoms with Crippen molar-refractivity contribution in [2.45, 2.75) is 45.0 Å². The lowest BCUT2D eigenvalue weighted by Gasteiger charge is -2.23. The zero-order valence-electron chi connectivity index (χ0n) is 8.68. The highest BCUT2D eigenvalue weighted by molar-refractivity contribution is 4.75. The van der Waals surface area contributed by atoms with Crippen LogP contribution in [0.2, 0.25) is 0 Å². The van der Waals surface area contributed by atoms with Gasteiger partial charge in [-0.1, -0.05) is 32.6 Å². The van der Waals surface area contributed by atoms with E-state index < -0.39 is 25.1 Å². The van der Waals surface area contributed by atoms with Gasteiger partial charge in [-0.25, -0.2) is 8.78 Å². The smallest absolute Gasteiger partial charge is 0.275 e. The molecule has 0 aliphatic heterocycles. The van der Waals surface area contributed by atoms with E-state index >= 15 is 0 Å². The second kappa shape index (κ2) is 7.12. The molecule has 0 amide bonds. The summed E-state index contributed by atoms with van der Waals surface area (Å²) in [7, 11) is 0. The fraction of sp³-hybridized carbons (Fsp3) is 1.00. The summed E-state index contributed by atoms with van der Waals surface area (Å²) in [5, 5.41) is 17.2. The Balaban J connectivity index is 3.79. The molecule has 86 valence electrons. The lowest BCUT2D eigenvalue weighted by atomic mass is 9.95. The first-order chi connectivity index (χ1) is 6.58. The Kier molecular flexibility index (Phi) is 7.01. The van der Waals surface area contributed by atoms with E-state index in [2.05, 4.69) is 0 Å². The third-order valence-corrected chi connectivity index (χ3v) is 2.43. The molecule has 2 N–H and O–H groups in total. The first kappa shape index (κ1) is 13.8. The first-order valence-electron chi connectivity index (χ1n) is 5.18. The quantitative estimate of drug-likeness (QED) is 0.603. The van der Waals surface area contributed by atoms with E-state index in [1.54, 1.807) is 0 Å². The summed E-state index contributed by atoms with van der Waals surface area (Å²) in [6, 6.07) is 0. The summed E-state index contributed by atoms with van der Waals surface area (Å²) < 4.78 is 25.8. The Hall–Kier alpha value is -0.220. The van der Waals surface area contributed by atoms with Crippen molar-refractivity contribution in [2.24, 2.45) is 5.92 Å². The van der Waals surface area contributed by atoms with E-state index in [1.165, 1.54) is 0 Å². The Bertz CT molecular complexity index is 140. The predicted octanol–water partition coefficient (Wildman–Crippen LogP) is 2.19. The molecule has 4 heteroatoms. The Morgan fingerprint density at radius 2 is 1.79 bits per heavy atom. The van der Waals surface area contributed by atoms with E-state index in [0.29, 0.717) is 6.42 Å². The van der Waals surface area contributed by atoms with Gasteiger partial charge in [0.25, 0.3) is 5.92 Å². The molecule has 0 spiro atoms. The molecule has 0 aromatic heterocycles. The maximum atomic E-state index is 12.9. The third kappa shape index (κ3) is 4.86. The molecule has 0 heterocycles. The molecule has 0 aliphatic rings. The number of unbranched alkanes of at least 4 members (excludes halogenated alkanes) is 3. The summed E-state index contributed by atoms with van der Waals surface area (Å²) in [4.78, 5) is 0. The van der Waals surface area contributed by atoms with E-state index in [9.17, 15) is 8.78 Å². The minimum atomic E-state index is -3.14. The number of hydrogen-bond acceptors (Lipinski definition) is 2. The van der Waals surface area contributed by atoms with Crippen molar-refractivity contribution in [1.82, 2.24) is 0 Å². The highest BCUT2D eigenvalue weighted by Crippen LogP contribution is 2.28. The molecule has 1 unspecified atom stereocenters. The van der Waals surface area contributed by atoms with Gasteiger partial charge in [0.2, 0.25) is 0 Å². The van der Waals surface area contributed by atoms with Crippen molar-refractivity contribution in [3.8, 4) is 0 Å². The van der Waals surface area contributed by atoms with Crippen molar-refractivity contribution in [3.05, 3.63) is 0 Å². The summed E-state index contributed by atoms with van der Waals surface area (Å²) in [5.41, 5.74) is 0. The van der Waals surface area contributed by atoms with Crippen molar-refractivity contribution < 1.29 is 19.0 Å². The first-order valence-corrected chi connectivity index (χ1v) is 5.18. The zero-order valence-corrected chi connectivity index (χ0v) is 8.68. The molecule has 2 nitrogen and oxygen atoms in total. The van der Waals surface area contributed by atoms with Crippen molar-refractivity contribution in [1.29, 1.82) is 0 Å². The predicted molar refractivity (Wildman–Crippen MR) is 51.4 cm³/mol. The molecular formula is C10H20F2O2. The van der Waals surface area contributed by atoms with Crippen molar-refractivity contribution >= 4 is 0 Å². The summed E-state index contributed by atoms with van der Waals surface area (Å²) in [5.74, 6) is -4.23. The monoisotopic (exact) mass is 210 g/mol. The van der Waals surface area contributed by atoms with Crippen LogP contribution in [0.5, 0.6) is 0 Å². The molecular weight excluding hydrogens is 190 g/mol. The van der Waals surface area contributed by atoms with Gasteiger partial charge in [0.05, 0.1) is 6.61 Å². The van der Waals surface area contributed by atoms with Crippen LogP contribution in [-0.4, -0.2) is 29.3 Å². The third-order valence-electron chi connectivity index (χ3n) is 2.43. The lowest BCUT2D eigenvalue weighted by Crippen LogP contribution is -2.34. The number of aliphatic hydroxyl groups is 2. The Morgan fingerprint density at radius 1 is 1.14 bits per heavy atom. The van der Waals surface area contributed by atoms with Crippen LogP contribution in [0.4, 0.5) is 8.78 Å². The van der Waals surface area contributed by atoms with E-state index in [4.69, 9.17) is 10.2 Å². The molecule has 0 rings (SSSR count). The van der Waals surface area contributed by atoms with Crippen LogP contribution in [0.15, 0.2) is 0 Å². The lowest BCUT2D eigenvalue weighted by molar-refractivity contribution is -0.113. The molecule has 0 saturated heterocycles. The number of rotatable bonds is 8. The maximum absolute atomic E-state index is 12.9. The van der Waals surface area contributed by atoms with Crippen LogP contribution < -0.4 is 0 Å². The molecule has 0 aliphatic carbocycles. The van der Waals surface area contributed by atoms with Crippen LogP contribution in [0, 0.1) is 5.92 Å². The molecule has 0 radical (unpaired) electrons. The van der Waals surface area contributed by atoms with Gasteiger partial charge < -0.3 is 10.2 Å². The minimum Gasteiger partial charge on any atom is -0.396 e. The molecule has 0 aromatic carbocycles. The molecule has 1 atom stereocenters. The average molecular weight is 210 g/mol. The number of halogens is 2. The molecule has 14 heavy (non-hydrogen) atoms. The van der Waals surface area contributed by atoms with Gasteiger partial charge in [-0.05, 0) is 6.42 Å². The van der Waals surface area contributed by atoms with Gasteiger partial charge in [-0.3, -0.25) is 0 Å². The molecule has 0 aromatic rings. The highest BCUT2D eigenvalue weighted by atomic mass is 19.3. The van der Waals surface area contributed by atoms with Gasteiger partial charge in [0.1, 0.15) is 6.61 Å². The summed E-state index contributed by atoms with van der Waals surface area (Å²) in [6.07, 6.45) is 3.97. The standard InChI is InChI=1S/C10H20F2O2/c1-2-3-4-5-6-9(7-13)10(11,12)8-14/h9,13-14H,2-8H2,1H3. The molecule has 0 fully saturated rings. The fourth-order valence-electron chi connectivity index (χ4n) is 1.38. The van der Waals surface area contributed by atoms with Crippen molar-refractivity contribution in [2.75, 3.05) is 13.2 Å². The van der Waals surface area contributed by atoms with Gasteiger partial charge in [-0.2, -0.15) is 0 Å². The van der Waals surface area contributed by atoms with E-state index in [1.807, 2.05) is 6.92 Å². The van der Waals surface area contributed by atoms with Crippen LogP contribution in [0.3, 0.4) is 0 Å². The Morgan fingerprint density at radius 3 is 2.21 bits per heavy atom. The Labute approximate surface area is 83.9 Å². The highest BCUT2D eigenvalue weighted by Gasteiger charge is 2.37. The normalized spacial score (nSPS) is 14.4. The van der Waals surface area contributed by atoms with Crippen LogP contribution in [0.1, 0.15) is 39.0 Å².